The molecule has 126 valence electrons. The normalized spacial score (nSPS) is 11.7. The Morgan fingerprint density at radius 1 is 1.30 bits per heavy atom. The minimum Gasteiger partial charge on any atom is -0.369 e. The maximum absolute atomic E-state index is 12.5. The number of hydrogen-bond donors (Lipinski definition) is 3. The van der Waals surface area contributed by atoms with Crippen molar-refractivity contribution in [2.45, 2.75) is 20.3 Å². The lowest BCUT2D eigenvalue weighted by molar-refractivity contribution is -0.384. The van der Waals surface area contributed by atoms with Crippen LogP contribution in [0, 0.1) is 16.0 Å². The second-order valence-corrected chi connectivity index (χ2v) is 4.78. The second kappa shape index (κ2) is 8.81. The van der Waals surface area contributed by atoms with Gasteiger partial charge in [0.2, 0.25) is 5.91 Å². The van der Waals surface area contributed by atoms with Crippen molar-refractivity contribution in [3.05, 3.63) is 39.9 Å². The number of hydrogen-bond acceptors (Lipinski definition) is 6. The van der Waals surface area contributed by atoms with Crippen molar-refractivity contribution in [2.24, 2.45) is 11.7 Å². The summed E-state index contributed by atoms with van der Waals surface area (Å²) < 4.78 is 0. The molecule has 0 saturated carbocycles. The minimum absolute atomic E-state index is 0.0108. The minimum atomic E-state index is -1.13. The van der Waals surface area contributed by atoms with Crippen molar-refractivity contribution in [3.8, 4) is 0 Å². The first-order valence-electron chi connectivity index (χ1n) is 7.24. The van der Waals surface area contributed by atoms with E-state index in [1.165, 1.54) is 18.2 Å². The molecule has 1 rings (SSSR count). The first kappa shape index (κ1) is 18.5. The number of nitro benzene ring substituents is 1. The Labute approximate surface area is 133 Å². The number of carbonyl (C=O) groups is 2. The van der Waals surface area contributed by atoms with E-state index in [9.17, 15) is 19.7 Å². The molecule has 1 aromatic carbocycles. The zero-order valence-corrected chi connectivity index (χ0v) is 13.1. The fraction of sp³-hybridized carbons (Fsp3) is 0.429. The Morgan fingerprint density at radius 3 is 2.39 bits per heavy atom. The van der Waals surface area contributed by atoms with Crippen molar-refractivity contribution < 1.29 is 14.5 Å². The molecule has 9 heteroatoms. The van der Waals surface area contributed by atoms with Gasteiger partial charge in [0, 0.05) is 25.2 Å². The summed E-state index contributed by atoms with van der Waals surface area (Å²) in [7, 11) is 0. The summed E-state index contributed by atoms with van der Waals surface area (Å²) in [6, 6.07) is 5.78. The molecule has 0 aliphatic heterocycles. The van der Waals surface area contributed by atoms with E-state index >= 15 is 0 Å². The fourth-order valence-corrected chi connectivity index (χ4v) is 2.03. The number of hydrazine groups is 2. The van der Waals surface area contributed by atoms with Crippen LogP contribution in [0.1, 0.15) is 19.4 Å². The smallest absolute Gasteiger partial charge is 0.269 e. The van der Waals surface area contributed by atoms with E-state index in [1.54, 1.807) is 19.9 Å². The zero-order valence-electron chi connectivity index (χ0n) is 13.1. The average Bonchev–Trinajstić information content (AvgIpc) is 2.51. The van der Waals surface area contributed by atoms with E-state index in [2.05, 4.69) is 10.9 Å². The first-order valence-corrected chi connectivity index (χ1v) is 7.24. The van der Waals surface area contributed by atoms with Gasteiger partial charge in [-0.25, -0.2) is 16.0 Å². The summed E-state index contributed by atoms with van der Waals surface area (Å²) >= 11 is 0. The van der Waals surface area contributed by atoms with Gasteiger partial charge < -0.3 is 5.73 Å². The number of benzene rings is 1. The van der Waals surface area contributed by atoms with Gasteiger partial charge in [0.1, 0.15) is 5.92 Å². The standard InChI is InChI=1S/C14H21N5O4/c1-3-16-18(17-4-2)14(21)12(13(15)20)9-10-6-5-7-11(8-10)19(22)23/h5-8,12,16-17H,3-4,9H2,1-2H3,(H2,15,20). The van der Waals surface area contributed by atoms with Gasteiger partial charge in [-0.1, -0.05) is 26.0 Å². The van der Waals surface area contributed by atoms with Crippen molar-refractivity contribution in [1.82, 2.24) is 16.0 Å². The monoisotopic (exact) mass is 323 g/mol. The summed E-state index contributed by atoms with van der Waals surface area (Å²) in [5.41, 5.74) is 11.3. The van der Waals surface area contributed by atoms with Crippen LogP contribution in [0.15, 0.2) is 24.3 Å². The van der Waals surface area contributed by atoms with Crippen LogP contribution in [0.2, 0.25) is 0 Å². The molecule has 9 nitrogen and oxygen atoms in total. The zero-order chi connectivity index (χ0) is 17.4. The van der Waals surface area contributed by atoms with E-state index in [1.807, 2.05) is 0 Å². The average molecular weight is 323 g/mol. The summed E-state index contributed by atoms with van der Waals surface area (Å²) in [5.74, 6) is -2.45. The number of carbonyl (C=O) groups excluding carboxylic acids is 2. The summed E-state index contributed by atoms with van der Waals surface area (Å²) in [6.45, 7) is 4.55. The molecular formula is C14H21N5O4. The molecule has 0 aliphatic carbocycles. The van der Waals surface area contributed by atoms with Gasteiger partial charge in [-0.2, -0.15) is 0 Å². The summed E-state index contributed by atoms with van der Waals surface area (Å²) in [6.07, 6.45) is -0.0108. The van der Waals surface area contributed by atoms with E-state index in [4.69, 9.17) is 5.73 Å². The number of nitro groups is 1. The molecule has 0 fully saturated rings. The number of nitrogens with zero attached hydrogens (tertiary/aromatic N) is 2. The van der Waals surface area contributed by atoms with Gasteiger partial charge in [0.15, 0.2) is 0 Å². The maximum Gasteiger partial charge on any atom is 0.269 e. The third-order valence-corrected chi connectivity index (χ3v) is 3.06. The van der Waals surface area contributed by atoms with Crippen LogP contribution < -0.4 is 16.6 Å². The van der Waals surface area contributed by atoms with Crippen LogP contribution in [0.5, 0.6) is 0 Å². The lowest BCUT2D eigenvalue weighted by Gasteiger charge is -2.26. The van der Waals surface area contributed by atoms with Crippen LogP contribution in [0.3, 0.4) is 0 Å². The highest BCUT2D eigenvalue weighted by atomic mass is 16.6. The van der Waals surface area contributed by atoms with E-state index in [0.717, 1.165) is 5.12 Å². The molecule has 1 aromatic rings. The molecule has 23 heavy (non-hydrogen) atoms. The van der Waals surface area contributed by atoms with Crippen molar-refractivity contribution in [2.75, 3.05) is 13.1 Å². The van der Waals surface area contributed by atoms with Gasteiger partial charge >= 0.3 is 0 Å². The predicted molar refractivity (Wildman–Crippen MR) is 83.7 cm³/mol. The number of amides is 2. The highest BCUT2D eigenvalue weighted by Crippen LogP contribution is 2.17. The van der Waals surface area contributed by atoms with Crippen molar-refractivity contribution in [1.29, 1.82) is 0 Å². The molecule has 0 aromatic heterocycles. The third-order valence-electron chi connectivity index (χ3n) is 3.06. The molecule has 1 unspecified atom stereocenters. The molecule has 0 spiro atoms. The molecule has 2 amide bonds. The van der Waals surface area contributed by atoms with Gasteiger partial charge in [0.05, 0.1) is 4.92 Å². The molecule has 0 radical (unpaired) electrons. The van der Waals surface area contributed by atoms with Gasteiger partial charge in [-0.05, 0) is 12.0 Å². The topological polar surface area (TPSA) is 131 Å². The Bertz CT molecular complexity index is 572. The molecule has 0 bridgehead atoms. The lowest BCUT2D eigenvalue weighted by atomic mass is 9.97. The van der Waals surface area contributed by atoms with Crippen LogP contribution in [0.25, 0.3) is 0 Å². The van der Waals surface area contributed by atoms with Crippen LogP contribution in [0.4, 0.5) is 5.69 Å². The number of rotatable bonds is 9. The predicted octanol–water partition coefficient (Wildman–Crippen LogP) is 0.116. The maximum atomic E-state index is 12.5. The van der Waals surface area contributed by atoms with E-state index < -0.39 is 22.7 Å². The summed E-state index contributed by atoms with van der Waals surface area (Å²) in [5, 5.41) is 11.9. The molecule has 0 heterocycles. The van der Waals surface area contributed by atoms with Crippen molar-refractivity contribution in [3.63, 3.8) is 0 Å². The first-order chi connectivity index (χ1) is 10.9. The third kappa shape index (κ3) is 5.31. The van der Waals surface area contributed by atoms with Gasteiger partial charge in [0.25, 0.3) is 11.6 Å². The van der Waals surface area contributed by atoms with Crippen molar-refractivity contribution >= 4 is 17.5 Å². The molecule has 0 saturated heterocycles. The summed E-state index contributed by atoms with van der Waals surface area (Å²) in [4.78, 5) is 34.4. The highest BCUT2D eigenvalue weighted by molar-refractivity contribution is 5.99. The number of primary amides is 1. The lowest BCUT2D eigenvalue weighted by Crippen LogP contribution is -2.56. The Morgan fingerprint density at radius 2 is 1.91 bits per heavy atom. The number of nitrogens with one attached hydrogen (secondary N) is 2. The molecular weight excluding hydrogens is 302 g/mol. The second-order valence-electron chi connectivity index (χ2n) is 4.78. The van der Waals surface area contributed by atoms with E-state index in [0.29, 0.717) is 18.7 Å². The van der Waals surface area contributed by atoms with E-state index in [-0.39, 0.29) is 12.1 Å². The SMILES string of the molecule is CCNN(NCC)C(=O)C(Cc1cccc([N+](=O)[O-])c1)C(N)=O. The van der Waals surface area contributed by atoms with Crippen LogP contribution >= 0.6 is 0 Å². The van der Waals surface area contributed by atoms with Gasteiger partial charge in [-0.3, -0.25) is 19.7 Å². The largest absolute Gasteiger partial charge is 0.369 e. The molecule has 4 N–H and O–H groups in total. The quantitative estimate of drug-likeness (QED) is 0.336. The number of nitrogens with two attached hydrogens (primary N) is 1. The fourth-order valence-electron chi connectivity index (χ4n) is 2.03. The van der Waals surface area contributed by atoms with Crippen LogP contribution in [-0.4, -0.2) is 34.9 Å². The van der Waals surface area contributed by atoms with Crippen LogP contribution in [-0.2, 0) is 16.0 Å². The molecule has 1 atom stereocenters. The molecule has 0 aliphatic rings. The number of non-ortho nitro benzene ring substituents is 1. The Kier molecular flexibility index (Phi) is 7.10. The van der Waals surface area contributed by atoms with Gasteiger partial charge in [-0.15, -0.1) is 0 Å². The highest BCUT2D eigenvalue weighted by Gasteiger charge is 2.29. The Hall–Kier alpha value is -2.52. The Balaban J connectivity index is 2.98.